The lowest BCUT2D eigenvalue weighted by Gasteiger charge is -2.21. The predicted molar refractivity (Wildman–Crippen MR) is 112 cm³/mol. The molecule has 0 amide bonds. The van der Waals surface area contributed by atoms with Crippen LogP contribution in [0, 0.1) is 0 Å². The number of pyridine rings is 2. The lowest BCUT2D eigenvalue weighted by atomic mass is 10.1. The highest BCUT2D eigenvalue weighted by Crippen LogP contribution is 2.48. The molecule has 5 rings (SSSR count). The van der Waals surface area contributed by atoms with Crippen molar-refractivity contribution in [2.45, 2.75) is 37.8 Å². The van der Waals surface area contributed by atoms with Crippen molar-refractivity contribution in [3.05, 3.63) is 69.1 Å². The Morgan fingerprint density at radius 1 is 1.16 bits per heavy atom. The molecular formula is C21H20F2N6O2. The zero-order valence-electron chi connectivity index (χ0n) is 16.9. The molecule has 1 unspecified atom stereocenters. The molecule has 0 aliphatic heterocycles. The largest absolute Gasteiger partial charge is 0.360 e. The van der Waals surface area contributed by atoms with Crippen molar-refractivity contribution in [2.24, 2.45) is 7.05 Å². The Morgan fingerprint density at radius 2 is 1.94 bits per heavy atom. The third kappa shape index (κ3) is 2.93. The molecule has 0 bridgehead atoms. The second-order valence-corrected chi connectivity index (χ2v) is 7.98. The van der Waals surface area contributed by atoms with Crippen molar-refractivity contribution in [2.75, 3.05) is 5.32 Å². The standard InChI is InChI=1S/C21H20F2N6O2/c1-12(16-5-3-4-13-6-9-24-29(13)16)25-18-15-11-28(21(7-8-21)20(22)23)17(30)10-14(15)19(31)27(2)26-18/h3-6,9-12,20H,7-8H2,1-2H3,(H,25,26). The van der Waals surface area contributed by atoms with Crippen molar-refractivity contribution < 1.29 is 8.78 Å². The molecule has 8 nitrogen and oxygen atoms in total. The van der Waals surface area contributed by atoms with Crippen LogP contribution in [-0.2, 0) is 12.6 Å². The summed E-state index contributed by atoms with van der Waals surface area (Å²) in [5.74, 6) is 0.326. The predicted octanol–water partition coefficient (Wildman–Crippen LogP) is 2.67. The van der Waals surface area contributed by atoms with E-state index in [4.69, 9.17) is 0 Å². The average Bonchev–Trinajstić information content (AvgIpc) is 3.41. The van der Waals surface area contributed by atoms with Crippen molar-refractivity contribution in [3.8, 4) is 0 Å². The number of nitrogens with one attached hydrogen (secondary N) is 1. The van der Waals surface area contributed by atoms with Crippen LogP contribution in [0.25, 0.3) is 16.3 Å². The van der Waals surface area contributed by atoms with Crippen LogP contribution in [0.3, 0.4) is 0 Å². The Morgan fingerprint density at radius 3 is 2.65 bits per heavy atom. The molecule has 0 saturated heterocycles. The normalized spacial score (nSPS) is 16.2. The number of hydrogen-bond acceptors (Lipinski definition) is 5. The monoisotopic (exact) mass is 426 g/mol. The summed E-state index contributed by atoms with van der Waals surface area (Å²) in [6.07, 6.45) is 0.803. The molecule has 160 valence electrons. The molecule has 4 aromatic heterocycles. The summed E-state index contributed by atoms with van der Waals surface area (Å²) in [5, 5.41) is 12.4. The van der Waals surface area contributed by atoms with Gasteiger partial charge in [-0.05, 0) is 38.0 Å². The zero-order chi connectivity index (χ0) is 21.9. The SMILES string of the molecule is CC(Nc1nn(C)c(=O)c2cc(=O)n(C3(C(F)F)CC3)cc12)c1cccc2ccnn12. The highest BCUT2D eigenvalue weighted by atomic mass is 19.3. The number of nitrogens with zero attached hydrogens (tertiary/aromatic N) is 5. The number of aryl methyl sites for hydroxylation is 1. The van der Waals surface area contributed by atoms with Crippen molar-refractivity contribution in [1.82, 2.24) is 24.0 Å². The molecule has 10 heteroatoms. The number of anilines is 1. The van der Waals surface area contributed by atoms with E-state index in [2.05, 4.69) is 15.5 Å². The Kier molecular flexibility index (Phi) is 4.21. The van der Waals surface area contributed by atoms with E-state index in [1.54, 1.807) is 10.7 Å². The molecule has 1 saturated carbocycles. The van der Waals surface area contributed by atoms with Crippen LogP contribution in [0.4, 0.5) is 14.6 Å². The van der Waals surface area contributed by atoms with Gasteiger partial charge in [-0.25, -0.2) is 18.0 Å². The number of fused-ring (bicyclic) bond motifs is 2. The van der Waals surface area contributed by atoms with Crippen LogP contribution in [0.1, 0.15) is 31.5 Å². The summed E-state index contributed by atoms with van der Waals surface area (Å²) in [6, 6.07) is 8.49. The van der Waals surface area contributed by atoms with E-state index in [0.29, 0.717) is 11.2 Å². The maximum absolute atomic E-state index is 13.7. The van der Waals surface area contributed by atoms with Gasteiger partial charge in [0.2, 0.25) is 0 Å². The maximum Gasteiger partial charge on any atom is 0.274 e. The second kappa shape index (κ2) is 6.73. The van der Waals surface area contributed by atoms with Gasteiger partial charge in [0.05, 0.1) is 22.6 Å². The van der Waals surface area contributed by atoms with Crippen molar-refractivity contribution in [1.29, 1.82) is 0 Å². The van der Waals surface area contributed by atoms with E-state index >= 15 is 0 Å². The summed E-state index contributed by atoms with van der Waals surface area (Å²) in [7, 11) is 1.49. The van der Waals surface area contributed by atoms with Gasteiger partial charge < -0.3 is 9.88 Å². The van der Waals surface area contributed by atoms with Gasteiger partial charge in [0.1, 0.15) is 5.54 Å². The average molecular weight is 426 g/mol. The molecule has 1 fully saturated rings. The first-order valence-corrected chi connectivity index (χ1v) is 9.93. The van der Waals surface area contributed by atoms with Gasteiger partial charge in [0.25, 0.3) is 17.5 Å². The summed E-state index contributed by atoms with van der Waals surface area (Å²) in [5.41, 5.74) is -0.810. The minimum atomic E-state index is -2.67. The molecule has 31 heavy (non-hydrogen) atoms. The minimum absolute atomic E-state index is 0.135. The van der Waals surface area contributed by atoms with Gasteiger partial charge in [-0.3, -0.25) is 9.59 Å². The Hall–Kier alpha value is -3.56. The number of rotatable bonds is 5. The summed E-state index contributed by atoms with van der Waals surface area (Å²) in [4.78, 5) is 25.2. The molecule has 1 atom stereocenters. The van der Waals surface area contributed by atoms with E-state index in [1.165, 1.54) is 13.2 Å². The summed E-state index contributed by atoms with van der Waals surface area (Å²) in [6.45, 7) is 1.91. The van der Waals surface area contributed by atoms with Gasteiger partial charge in [-0.2, -0.15) is 10.2 Å². The zero-order valence-corrected chi connectivity index (χ0v) is 16.9. The fraction of sp³-hybridized carbons (Fsp3) is 0.333. The molecule has 4 heterocycles. The third-order valence-corrected chi connectivity index (χ3v) is 5.98. The number of halogens is 2. The first kappa shape index (κ1) is 19.4. The van der Waals surface area contributed by atoms with Gasteiger partial charge in [-0.1, -0.05) is 6.07 Å². The van der Waals surface area contributed by atoms with Gasteiger partial charge in [0.15, 0.2) is 5.82 Å². The van der Waals surface area contributed by atoms with Crippen LogP contribution in [0.15, 0.2) is 52.3 Å². The maximum atomic E-state index is 13.7. The van der Waals surface area contributed by atoms with E-state index in [1.807, 2.05) is 31.2 Å². The van der Waals surface area contributed by atoms with Gasteiger partial charge in [0, 0.05) is 30.9 Å². The highest BCUT2D eigenvalue weighted by molar-refractivity contribution is 5.90. The Bertz CT molecular complexity index is 1430. The smallest absolute Gasteiger partial charge is 0.274 e. The van der Waals surface area contributed by atoms with Crippen LogP contribution < -0.4 is 16.4 Å². The van der Waals surface area contributed by atoms with Crippen LogP contribution in [0.5, 0.6) is 0 Å². The second-order valence-electron chi connectivity index (χ2n) is 7.98. The van der Waals surface area contributed by atoms with E-state index < -0.39 is 23.1 Å². The van der Waals surface area contributed by atoms with Crippen LogP contribution in [-0.4, -0.2) is 30.4 Å². The van der Waals surface area contributed by atoms with E-state index in [9.17, 15) is 18.4 Å². The van der Waals surface area contributed by atoms with Crippen LogP contribution >= 0.6 is 0 Å². The fourth-order valence-corrected chi connectivity index (χ4v) is 4.05. The highest BCUT2D eigenvalue weighted by Gasteiger charge is 2.53. The van der Waals surface area contributed by atoms with Gasteiger partial charge in [-0.15, -0.1) is 0 Å². The number of hydrogen-bond donors (Lipinski definition) is 1. The molecule has 1 N–H and O–H groups in total. The fourth-order valence-electron chi connectivity index (χ4n) is 4.05. The molecule has 0 radical (unpaired) electrons. The first-order chi connectivity index (χ1) is 14.8. The van der Waals surface area contributed by atoms with Crippen molar-refractivity contribution in [3.63, 3.8) is 0 Å². The first-order valence-electron chi connectivity index (χ1n) is 9.93. The quantitative estimate of drug-likeness (QED) is 0.530. The lowest BCUT2D eigenvalue weighted by Crippen LogP contribution is -2.36. The van der Waals surface area contributed by atoms with E-state index in [0.717, 1.165) is 26.5 Å². The summed E-state index contributed by atoms with van der Waals surface area (Å²) < 4.78 is 31.3. The minimum Gasteiger partial charge on any atom is -0.360 e. The molecular weight excluding hydrogens is 406 g/mol. The third-order valence-electron chi connectivity index (χ3n) is 5.98. The molecule has 0 spiro atoms. The molecule has 4 aromatic rings. The topological polar surface area (TPSA) is 86.2 Å². The Balaban J connectivity index is 1.66. The van der Waals surface area contributed by atoms with Crippen LogP contribution in [0.2, 0.25) is 0 Å². The Labute approximate surface area is 174 Å². The van der Waals surface area contributed by atoms with Crippen molar-refractivity contribution >= 4 is 22.1 Å². The molecule has 0 aromatic carbocycles. The van der Waals surface area contributed by atoms with Gasteiger partial charge >= 0.3 is 0 Å². The lowest BCUT2D eigenvalue weighted by molar-refractivity contribution is 0.0654. The number of alkyl halides is 2. The number of aromatic nitrogens is 5. The molecule has 1 aliphatic rings. The van der Waals surface area contributed by atoms with E-state index in [-0.39, 0.29) is 24.3 Å². The summed E-state index contributed by atoms with van der Waals surface area (Å²) >= 11 is 0. The molecule has 1 aliphatic carbocycles.